The van der Waals surface area contributed by atoms with Gasteiger partial charge in [-0.1, -0.05) is 29.5 Å². The largest absolute Gasteiger partial charge is 0.307 e. The number of carbonyl (C=O) groups excluding carboxylic acids is 1. The maximum Gasteiger partial charge on any atom is 0.259 e. The molecule has 6 heteroatoms. The molecule has 138 valence electrons. The summed E-state index contributed by atoms with van der Waals surface area (Å²) in [5.74, 6) is 1.23. The number of rotatable bonds is 6. The van der Waals surface area contributed by atoms with Gasteiger partial charge in [0.2, 0.25) is 0 Å². The van der Waals surface area contributed by atoms with Crippen molar-refractivity contribution in [2.45, 2.75) is 42.7 Å². The Balaban J connectivity index is 1.54. The van der Waals surface area contributed by atoms with Gasteiger partial charge in [0, 0.05) is 17.2 Å². The lowest BCUT2D eigenvalue weighted by Crippen LogP contribution is -2.19. The molecule has 1 aliphatic carbocycles. The van der Waals surface area contributed by atoms with Crippen LogP contribution in [0.1, 0.15) is 41.7 Å². The average molecular weight is 379 g/mol. The zero-order chi connectivity index (χ0) is 18.8. The normalized spacial score (nSPS) is 14.7. The highest BCUT2D eigenvalue weighted by molar-refractivity contribution is 7.99. The van der Waals surface area contributed by atoms with Gasteiger partial charge in [0.15, 0.2) is 0 Å². The summed E-state index contributed by atoms with van der Waals surface area (Å²) in [7, 11) is 0. The third-order valence-corrected chi connectivity index (χ3v) is 5.88. The Labute approximate surface area is 163 Å². The summed E-state index contributed by atoms with van der Waals surface area (Å²) in [6, 6.07) is 13.9. The second-order valence-corrected chi connectivity index (χ2v) is 8.03. The Morgan fingerprint density at radius 3 is 2.70 bits per heavy atom. The second kappa shape index (κ2) is 7.56. The molecule has 2 heterocycles. The van der Waals surface area contributed by atoms with Crippen LogP contribution in [-0.2, 0) is 0 Å². The van der Waals surface area contributed by atoms with Gasteiger partial charge in [-0.3, -0.25) is 4.79 Å². The number of aromatic nitrogens is 3. The van der Waals surface area contributed by atoms with Crippen molar-refractivity contribution in [3.05, 3.63) is 66.0 Å². The number of nitrogens with zero attached hydrogens (tertiary/aromatic N) is 3. The van der Waals surface area contributed by atoms with Gasteiger partial charge in [0.25, 0.3) is 5.91 Å². The molecule has 1 saturated carbocycles. The van der Waals surface area contributed by atoms with Crippen molar-refractivity contribution in [2.24, 2.45) is 5.92 Å². The maximum absolute atomic E-state index is 12.9. The van der Waals surface area contributed by atoms with Gasteiger partial charge in [-0.05, 0) is 56.9 Å². The molecule has 1 aliphatic rings. The van der Waals surface area contributed by atoms with E-state index in [0.717, 1.165) is 10.7 Å². The summed E-state index contributed by atoms with van der Waals surface area (Å²) < 4.78 is 1.92. The fraction of sp³-hybridized carbons (Fsp3) is 0.286. The molecule has 1 N–H and O–H groups in total. The van der Waals surface area contributed by atoms with E-state index < -0.39 is 0 Å². The van der Waals surface area contributed by atoms with Crippen LogP contribution in [0.25, 0.3) is 0 Å². The van der Waals surface area contributed by atoms with Gasteiger partial charge in [0.05, 0.1) is 17.8 Å². The first-order valence-corrected chi connectivity index (χ1v) is 9.98. The summed E-state index contributed by atoms with van der Waals surface area (Å²) in [6.07, 6.45) is 5.91. The van der Waals surface area contributed by atoms with Crippen molar-refractivity contribution in [3.63, 3.8) is 0 Å². The number of benzene rings is 1. The highest BCUT2D eigenvalue weighted by Crippen LogP contribution is 2.40. The van der Waals surface area contributed by atoms with E-state index in [1.807, 2.05) is 28.9 Å². The standard InChI is InChI=1S/C21H22N4OS/c1-14-5-9-17(10-6-14)27-21-18(4-3-12-22-21)20(26)24-19-11-13-23-25(19)15(2)16-7-8-16/h3-6,9-13,15-16H,7-8H2,1-2H3,(H,24,26). The van der Waals surface area contributed by atoms with E-state index in [4.69, 9.17) is 0 Å². The molecule has 1 fully saturated rings. The van der Waals surface area contributed by atoms with Crippen LogP contribution in [0.2, 0.25) is 0 Å². The molecule has 1 aromatic carbocycles. The second-order valence-electron chi connectivity index (χ2n) is 6.96. The molecule has 27 heavy (non-hydrogen) atoms. The number of hydrogen-bond acceptors (Lipinski definition) is 4. The summed E-state index contributed by atoms with van der Waals surface area (Å²) in [4.78, 5) is 18.4. The van der Waals surface area contributed by atoms with Crippen LogP contribution in [0.4, 0.5) is 5.82 Å². The van der Waals surface area contributed by atoms with Crippen LogP contribution < -0.4 is 5.32 Å². The van der Waals surface area contributed by atoms with Crippen molar-refractivity contribution in [3.8, 4) is 0 Å². The van der Waals surface area contributed by atoms with Crippen molar-refractivity contribution >= 4 is 23.5 Å². The molecule has 4 rings (SSSR count). The minimum atomic E-state index is -0.164. The van der Waals surface area contributed by atoms with E-state index in [-0.39, 0.29) is 5.91 Å². The Morgan fingerprint density at radius 1 is 1.19 bits per heavy atom. The van der Waals surface area contributed by atoms with E-state index in [1.54, 1.807) is 18.5 Å². The number of hydrogen-bond donors (Lipinski definition) is 1. The Hall–Kier alpha value is -2.60. The third-order valence-electron chi connectivity index (χ3n) is 4.85. The number of pyridine rings is 1. The fourth-order valence-electron chi connectivity index (χ4n) is 3.06. The molecule has 1 atom stereocenters. The first-order valence-electron chi connectivity index (χ1n) is 9.16. The molecular weight excluding hydrogens is 356 g/mol. The zero-order valence-corrected chi connectivity index (χ0v) is 16.2. The van der Waals surface area contributed by atoms with E-state index in [9.17, 15) is 4.79 Å². The third kappa shape index (κ3) is 4.06. The van der Waals surface area contributed by atoms with E-state index >= 15 is 0 Å². The van der Waals surface area contributed by atoms with Crippen LogP contribution in [0.15, 0.2) is 64.8 Å². The van der Waals surface area contributed by atoms with Crippen molar-refractivity contribution in [1.82, 2.24) is 14.8 Å². The van der Waals surface area contributed by atoms with E-state index in [2.05, 4.69) is 41.4 Å². The summed E-state index contributed by atoms with van der Waals surface area (Å²) in [5, 5.41) is 8.11. The highest BCUT2D eigenvalue weighted by Gasteiger charge is 2.31. The number of aryl methyl sites for hydroxylation is 1. The minimum absolute atomic E-state index is 0.164. The molecule has 0 spiro atoms. The summed E-state index contributed by atoms with van der Waals surface area (Å²) in [5.41, 5.74) is 1.77. The van der Waals surface area contributed by atoms with Crippen molar-refractivity contribution in [2.75, 3.05) is 5.32 Å². The van der Waals surface area contributed by atoms with Crippen LogP contribution in [0.3, 0.4) is 0 Å². The average Bonchev–Trinajstić information content (AvgIpc) is 3.43. The Morgan fingerprint density at radius 2 is 1.96 bits per heavy atom. The quantitative estimate of drug-likeness (QED) is 0.658. The van der Waals surface area contributed by atoms with Gasteiger partial charge in [-0.25, -0.2) is 9.67 Å². The van der Waals surface area contributed by atoms with Crippen LogP contribution >= 0.6 is 11.8 Å². The van der Waals surface area contributed by atoms with Crippen LogP contribution in [0.5, 0.6) is 0 Å². The van der Waals surface area contributed by atoms with Gasteiger partial charge >= 0.3 is 0 Å². The highest BCUT2D eigenvalue weighted by atomic mass is 32.2. The summed E-state index contributed by atoms with van der Waals surface area (Å²) in [6.45, 7) is 4.21. The molecule has 3 aromatic rings. The maximum atomic E-state index is 12.9. The first-order chi connectivity index (χ1) is 13.1. The van der Waals surface area contributed by atoms with Gasteiger partial charge in [0.1, 0.15) is 10.8 Å². The molecule has 1 unspecified atom stereocenters. The SMILES string of the molecule is Cc1ccc(Sc2ncccc2C(=O)Nc2ccnn2C(C)C2CC2)cc1. The molecule has 0 saturated heterocycles. The predicted molar refractivity (Wildman–Crippen MR) is 107 cm³/mol. The smallest absolute Gasteiger partial charge is 0.259 e. The number of amides is 1. The van der Waals surface area contributed by atoms with Gasteiger partial charge < -0.3 is 5.32 Å². The lowest BCUT2D eigenvalue weighted by molar-refractivity contribution is 0.102. The fourth-order valence-corrected chi connectivity index (χ4v) is 3.94. The molecular formula is C21H22N4OS. The predicted octanol–water partition coefficient (Wildman–Crippen LogP) is 4.96. The molecule has 0 aliphatic heterocycles. The Bertz CT molecular complexity index is 947. The molecule has 2 aromatic heterocycles. The topological polar surface area (TPSA) is 59.8 Å². The number of anilines is 1. The molecule has 5 nitrogen and oxygen atoms in total. The van der Waals surface area contributed by atoms with Gasteiger partial charge in [-0.2, -0.15) is 5.10 Å². The monoisotopic (exact) mass is 378 g/mol. The molecule has 0 radical (unpaired) electrons. The summed E-state index contributed by atoms with van der Waals surface area (Å²) >= 11 is 1.49. The van der Waals surface area contributed by atoms with Crippen molar-refractivity contribution < 1.29 is 4.79 Å². The zero-order valence-electron chi connectivity index (χ0n) is 15.4. The van der Waals surface area contributed by atoms with Gasteiger partial charge in [-0.15, -0.1) is 0 Å². The van der Waals surface area contributed by atoms with E-state index in [0.29, 0.717) is 22.5 Å². The van der Waals surface area contributed by atoms with E-state index in [1.165, 1.54) is 30.2 Å². The van der Waals surface area contributed by atoms with Crippen LogP contribution in [0, 0.1) is 12.8 Å². The lowest BCUT2D eigenvalue weighted by atomic mass is 10.2. The molecule has 0 bridgehead atoms. The molecule has 1 amide bonds. The first kappa shape index (κ1) is 17.8. The minimum Gasteiger partial charge on any atom is -0.307 e. The number of carbonyl (C=O) groups is 1. The lowest BCUT2D eigenvalue weighted by Gasteiger charge is -2.16. The van der Waals surface area contributed by atoms with Crippen LogP contribution in [-0.4, -0.2) is 20.7 Å². The Kier molecular flexibility index (Phi) is 4.99. The number of nitrogens with one attached hydrogen (secondary N) is 1. The van der Waals surface area contributed by atoms with Crippen molar-refractivity contribution in [1.29, 1.82) is 0 Å².